The molecule has 122 valence electrons. The van der Waals surface area contributed by atoms with Crippen LogP contribution >= 0.6 is 11.3 Å². The topological polar surface area (TPSA) is 72.7 Å². The van der Waals surface area contributed by atoms with Crippen molar-refractivity contribution in [3.8, 4) is 0 Å². The van der Waals surface area contributed by atoms with E-state index in [4.69, 9.17) is 0 Å². The zero-order valence-corrected chi connectivity index (χ0v) is 14.3. The van der Waals surface area contributed by atoms with Gasteiger partial charge in [-0.2, -0.15) is 0 Å². The first-order chi connectivity index (χ1) is 11.1. The number of aromatic nitrogens is 4. The molecule has 6 nitrogen and oxygen atoms in total. The van der Waals surface area contributed by atoms with E-state index in [1.165, 1.54) is 12.5 Å². The van der Waals surface area contributed by atoms with Gasteiger partial charge in [0.15, 0.2) is 5.82 Å². The van der Waals surface area contributed by atoms with Crippen LogP contribution in [0.4, 0.5) is 0 Å². The second-order valence-corrected chi connectivity index (χ2v) is 6.85. The molecule has 1 N–H and O–H groups in total. The summed E-state index contributed by atoms with van der Waals surface area (Å²) in [5.41, 5.74) is 0.812. The SMILES string of the molecule is Cc1nc(/C=C/C(=O)N[C@H](C)c2nnc3n2CCCCC3)cs1. The predicted octanol–water partition coefficient (Wildman–Crippen LogP) is 2.66. The Kier molecular flexibility index (Phi) is 4.85. The number of rotatable bonds is 4. The van der Waals surface area contributed by atoms with E-state index in [-0.39, 0.29) is 11.9 Å². The molecular formula is C16H21N5OS. The number of nitrogens with zero attached hydrogens (tertiary/aromatic N) is 4. The van der Waals surface area contributed by atoms with Crippen molar-refractivity contribution in [2.24, 2.45) is 0 Å². The van der Waals surface area contributed by atoms with Gasteiger partial charge < -0.3 is 9.88 Å². The summed E-state index contributed by atoms with van der Waals surface area (Å²) in [7, 11) is 0. The van der Waals surface area contributed by atoms with Gasteiger partial charge in [0, 0.05) is 24.4 Å². The number of fused-ring (bicyclic) bond motifs is 1. The number of thiazole rings is 1. The fourth-order valence-corrected chi connectivity index (χ4v) is 3.35. The Morgan fingerprint density at radius 3 is 3.04 bits per heavy atom. The van der Waals surface area contributed by atoms with Crippen molar-refractivity contribution in [3.05, 3.63) is 33.8 Å². The minimum absolute atomic E-state index is 0.144. The number of nitrogens with one attached hydrogen (secondary N) is 1. The largest absolute Gasteiger partial charge is 0.343 e. The average Bonchev–Trinajstić information content (AvgIpc) is 3.05. The lowest BCUT2D eigenvalue weighted by Crippen LogP contribution is -2.27. The van der Waals surface area contributed by atoms with E-state index in [2.05, 4.69) is 25.1 Å². The summed E-state index contributed by atoms with van der Waals surface area (Å²) >= 11 is 1.57. The van der Waals surface area contributed by atoms with Crippen LogP contribution in [-0.2, 0) is 17.8 Å². The van der Waals surface area contributed by atoms with Gasteiger partial charge in [-0.3, -0.25) is 4.79 Å². The Morgan fingerprint density at radius 1 is 1.39 bits per heavy atom. The smallest absolute Gasteiger partial charge is 0.244 e. The second kappa shape index (κ2) is 7.04. The van der Waals surface area contributed by atoms with Crippen molar-refractivity contribution < 1.29 is 4.79 Å². The molecule has 0 saturated carbocycles. The lowest BCUT2D eigenvalue weighted by atomic mass is 10.2. The summed E-state index contributed by atoms with van der Waals surface area (Å²) in [6.07, 6.45) is 7.74. The molecule has 0 fully saturated rings. The summed E-state index contributed by atoms with van der Waals surface area (Å²) in [6, 6.07) is -0.163. The van der Waals surface area contributed by atoms with Crippen molar-refractivity contribution in [1.29, 1.82) is 0 Å². The first-order valence-electron chi connectivity index (χ1n) is 7.96. The molecule has 0 saturated heterocycles. The average molecular weight is 331 g/mol. The van der Waals surface area contributed by atoms with Crippen molar-refractivity contribution in [1.82, 2.24) is 25.1 Å². The second-order valence-electron chi connectivity index (χ2n) is 5.79. The standard InChI is InChI=1S/C16H21N5OS/c1-11(16-20-19-14-6-4-3-5-9-21(14)16)17-15(22)8-7-13-10-23-12(2)18-13/h7-8,10-11H,3-6,9H2,1-2H3,(H,17,22)/b8-7+/t11-/m1/s1. The molecule has 7 heteroatoms. The number of aryl methyl sites for hydroxylation is 2. The summed E-state index contributed by atoms with van der Waals surface area (Å²) in [4.78, 5) is 16.4. The first kappa shape index (κ1) is 15.9. The fraction of sp³-hybridized carbons (Fsp3) is 0.500. The predicted molar refractivity (Wildman–Crippen MR) is 90.0 cm³/mol. The molecule has 3 rings (SSSR count). The lowest BCUT2D eigenvalue weighted by Gasteiger charge is -2.14. The van der Waals surface area contributed by atoms with Gasteiger partial charge in [0.05, 0.1) is 16.7 Å². The van der Waals surface area contributed by atoms with E-state index in [9.17, 15) is 4.79 Å². The third-order valence-corrected chi connectivity index (χ3v) is 4.72. The minimum atomic E-state index is -0.163. The highest BCUT2D eigenvalue weighted by atomic mass is 32.1. The molecule has 0 bridgehead atoms. The summed E-state index contributed by atoms with van der Waals surface area (Å²) in [5, 5.41) is 14.4. The molecule has 0 unspecified atom stereocenters. The molecule has 1 aliphatic rings. The molecule has 1 aliphatic heterocycles. The van der Waals surface area contributed by atoms with E-state index in [1.807, 2.05) is 19.2 Å². The summed E-state index contributed by atoms with van der Waals surface area (Å²) < 4.78 is 2.16. The molecule has 2 aromatic heterocycles. The number of amides is 1. The maximum Gasteiger partial charge on any atom is 0.244 e. The molecule has 2 aromatic rings. The zero-order chi connectivity index (χ0) is 16.2. The van der Waals surface area contributed by atoms with Crippen LogP contribution in [0.3, 0.4) is 0 Å². The van der Waals surface area contributed by atoms with Gasteiger partial charge in [-0.15, -0.1) is 21.5 Å². The Bertz CT molecular complexity index is 718. The highest BCUT2D eigenvalue weighted by Crippen LogP contribution is 2.18. The number of carbonyl (C=O) groups is 1. The third kappa shape index (κ3) is 3.85. The van der Waals surface area contributed by atoms with Crippen molar-refractivity contribution in [2.75, 3.05) is 0 Å². The zero-order valence-electron chi connectivity index (χ0n) is 13.5. The summed E-state index contributed by atoms with van der Waals surface area (Å²) in [6.45, 7) is 4.83. The fourth-order valence-electron chi connectivity index (χ4n) is 2.77. The van der Waals surface area contributed by atoms with Crippen LogP contribution in [-0.4, -0.2) is 25.7 Å². The van der Waals surface area contributed by atoms with E-state index in [1.54, 1.807) is 17.4 Å². The maximum absolute atomic E-state index is 12.1. The number of carbonyl (C=O) groups excluding carboxylic acids is 1. The highest BCUT2D eigenvalue weighted by Gasteiger charge is 2.19. The van der Waals surface area contributed by atoms with E-state index >= 15 is 0 Å². The first-order valence-corrected chi connectivity index (χ1v) is 8.84. The van der Waals surface area contributed by atoms with Crippen molar-refractivity contribution in [2.45, 2.75) is 52.1 Å². The molecule has 0 aliphatic carbocycles. The van der Waals surface area contributed by atoms with Crippen LogP contribution in [0.1, 0.15) is 54.6 Å². The monoisotopic (exact) mass is 331 g/mol. The van der Waals surface area contributed by atoms with Crippen molar-refractivity contribution >= 4 is 23.3 Å². The minimum Gasteiger partial charge on any atom is -0.343 e. The maximum atomic E-state index is 12.1. The van der Waals surface area contributed by atoms with Crippen LogP contribution in [0.2, 0.25) is 0 Å². The molecule has 1 atom stereocenters. The molecule has 3 heterocycles. The van der Waals surface area contributed by atoms with Gasteiger partial charge in [-0.05, 0) is 32.8 Å². The van der Waals surface area contributed by atoms with Crippen LogP contribution in [0, 0.1) is 6.92 Å². The Labute approximate surface area is 139 Å². The molecular weight excluding hydrogens is 310 g/mol. The van der Waals surface area contributed by atoms with Crippen LogP contribution < -0.4 is 5.32 Å². The van der Waals surface area contributed by atoms with Crippen molar-refractivity contribution in [3.63, 3.8) is 0 Å². The van der Waals surface area contributed by atoms with E-state index in [0.29, 0.717) is 0 Å². The Balaban J connectivity index is 1.64. The molecule has 0 aromatic carbocycles. The van der Waals surface area contributed by atoms with E-state index in [0.717, 1.165) is 48.2 Å². The number of hydrogen-bond acceptors (Lipinski definition) is 5. The Hall–Kier alpha value is -2.02. The highest BCUT2D eigenvalue weighted by molar-refractivity contribution is 7.09. The van der Waals surface area contributed by atoms with Gasteiger partial charge in [-0.25, -0.2) is 4.98 Å². The normalized spacial score (nSPS) is 16.1. The molecule has 0 spiro atoms. The van der Waals surface area contributed by atoms with Gasteiger partial charge >= 0.3 is 0 Å². The van der Waals surface area contributed by atoms with Gasteiger partial charge in [0.2, 0.25) is 5.91 Å². The molecule has 1 amide bonds. The number of hydrogen-bond donors (Lipinski definition) is 1. The van der Waals surface area contributed by atoms with Gasteiger partial charge in [0.1, 0.15) is 5.82 Å². The van der Waals surface area contributed by atoms with Crippen LogP contribution in [0.15, 0.2) is 11.5 Å². The molecule has 23 heavy (non-hydrogen) atoms. The van der Waals surface area contributed by atoms with Gasteiger partial charge in [-0.1, -0.05) is 6.42 Å². The van der Waals surface area contributed by atoms with Gasteiger partial charge in [0.25, 0.3) is 0 Å². The third-order valence-electron chi connectivity index (χ3n) is 3.93. The quantitative estimate of drug-likeness (QED) is 0.874. The van der Waals surface area contributed by atoms with E-state index < -0.39 is 0 Å². The van der Waals surface area contributed by atoms with Crippen LogP contribution in [0.5, 0.6) is 0 Å². The Morgan fingerprint density at radius 2 is 2.26 bits per heavy atom. The summed E-state index contributed by atoms with van der Waals surface area (Å²) in [5.74, 6) is 1.73. The molecule has 0 radical (unpaired) electrons. The lowest BCUT2D eigenvalue weighted by molar-refractivity contribution is -0.117. The van der Waals surface area contributed by atoms with Crippen LogP contribution in [0.25, 0.3) is 6.08 Å².